The minimum atomic E-state index is -0.500. The molecule has 2 heterocycles. The molecule has 1 aliphatic heterocycles. The highest BCUT2D eigenvalue weighted by Gasteiger charge is 2.34. The second kappa shape index (κ2) is 11.2. The van der Waals surface area contributed by atoms with E-state index in [0.29, 0.717) is 51.2 Å². The number of allylic oxidation sites excluding steroid dienone is 1. The van der Waals surface area contributed by atoms with E-state index in [1.54, 1.807) is 23.9 Å². The van der Waals surface area contributed by atoms with Crippen molar-refractivity contribution in [3.05, 3.63) is 100 Å². The summed E-state index contributed by atoms with van der Waals surface area (Å²) in [6.07, 6.45) is 1.92. The van der Waals surface area contributed by atoms with E-state index in [1.165, 1.54) is 11.8 Å². The van der Waals surface area contributed by atoms with Crippen LogP contribution in [0.15, 0.2) is 89.2 Å². The summed E-state index contributed by atoms with van der Waals surface area (Å²) in [5.74, 6) is 1.60. The summed E-state index contributed by atoms with van der Waals surface area (Å²) in [6.45, 7) is 2.28. The number of nitrogens with zero attached hydrogens (tertiary/aromatic N) is 3. The minimum absolute atomic E-state index is 0.264. The number of nitrogens with one attached hydrogen (secondary N) is 2. The lowest BCUT2D eigenvalue weighted by Gasteiger charge is -2.29. The number of ether oxygens (including phenoxy) is 2. The van der Waals surface area contributed by atoms with Crippen molar-refractivity contribution in [3.8, 4) is 11.5 Å². The molecule has 0 spiro atoms. The third kappa shape index (κ3) is 5.34. The smallest absolute Gasteiger partial charge is 0.255 e. The molecule has 10 heteroatoms. The standard InChI is InChI=1S/C28H26ClN5O3S/c1-17-24(26(35)31-22-6-4-5-7-23(22)36-2)25(34-27(30-17)32-28(33-34)38-3)19-10-14-21(15-11-19)37-16-18-8-12-20(29)13-9-18/h4-15,25H,16H2,1-3H3,(H,31,35)(H,30,32,33)/t25-/m0/s1. The maximum absolute atomic E-state index is 13.7. The van der Waals surface area contributed by atoms with E-state index in [0.717, 1.165) is 11.1 Å². The minimum Gasteiger partial charge on any atom is -0.495 e. The number of para-hydroxylation sites is 2. The Morgan fingerprint density at radius 1 is 1.11 bits per heavy atom. The largest absolute Gasteiger partial charge is 0.495 e. The fraction of sp³-hybridized carbons (Fsp3) is 0.179. The molecule has 0 saturated carbocycles. The van der Waals surface area contributed by atoms with Gasteiger partial charge in [0.25, 0.3) is 5.91 Å². The van der Waals surface area contributed by atoms with Crippen molar-refractivity contribution < 1.29 is 14.3 Å². The van der Waals surface area contributed by atoms with Gasteiger partial charge in [-0.1, -0.05) is 59.8 Å². The van der Waals surface area contributed by atoms with Gasteiger partial charge < -0.3 is 20.1 Å². The molecule has 0 radical (unpaired) electrons. The van der Waals surface area contributed by atoms with Crippen LogP contribution in [0, 0.1) is 0 Å². The van der Waals surface area contributed by atoms with E-state index in [-0.39, 0.29) is 5.91 Å². The molecule has 0 saturated heterocycles. The predicted octanol–water partition coefficient (Wildman–Crippen LogP) is 6.17. The molecule has 1 atom stereocenters. The summed E-state index contributed by atoms with van der Waals surface area (Å²) in [5, 5.41) is 12.2. The maximum Gasteiger partial charge on any atom is 0.255 e. The number of methoxy groups -OCH3 is 1. The Labute approximate surface area is 230 Å². The second-order valence-corrected chi connectivity index (χ2v) is 9.78. The second-order valence-electron chi connectivity index (χ2n) is 8.57. The molecule has 194 valence electrons. The number of amides is 1. The Bertz CT molecular complexity index is 1490. The lowest BCUT2D eigenvalue weighted by molar-refractivity contribution is -0.113. The number of hydrogen-bond acceptors (Lipinski definition) is 7. The van der Waals surface area contributed by atoms with E-state index in [9.17, 15) is 4.79 Å². The highest BCUT2D eigenvalue weighted by atomic mass is 35.5. The van der Waals surface area contributed by atoms with Gasteiger partial charge in [0.05, 0.1) is 18.4 Å². The number of hydrogen-bond donors (Lipinski definition) is 2. The van der Waals surface area contributed by atoms with E-state index in [4.69, 9.17) is 21.1 Å². The predicted molar refractivity (Wildman–Crippen MR) is 150 cm³/mol. The molecular formula is C28H26ClN5O3S. The number of rotatable bonds is 8. The Morgan fingerprint density at radius 2 is 1.84 bits per heavy atom. The molecule has 4 aromatic rings. The molecular weight excluding hydrogens is 522 g/mol. The summed E-state index contributed by atoms with van der Waals surface area (Å²) in [5.41, 5.74) is 3.68. The monoisotopic (exact) mass is 547 g/mol. The van der Waals surface area contributed by atoms with E-state index in [1.807, 2.05) is 73.8 Å². The third-order valence-electron chi connectivity index (χ3n) is 6.13. The van der Waals surface area contributed by atoms with Crippen molar-refractivity contribution in [2.75, 3.05) is 24.0 Å². The number of aromatic nitrogens is 3. The highest BCUT2D eigenvalue weighted by Crippen LogP contribution is 2.37. The molecule has 5 rings (SSSR count). The quantitative estimate of drug-likeness (QED) is 0.255. The summed E-state index contributed by atoms with van der Waals surface area (Å²) in [4.78, 5) is 18.3. The summed E-state index contributed by atoms with van der Waals surface area (Å²) >= 11 is 7.41. The lowest BCUT2D eigenvalue weighted by atomic mass is 9.95. The third-order valence-corrected chi connectivity index (χ3v) is 6.92. The first-order chi connectivity index (χ1) is 18.5. The van der Waals surface area contributed by atoms with Crippen molar-refractivity contribution in [3.63, 3.8) is 0 Å². The SMILES string of the molecule is COc1ccccc1NC(=O)C1=C(C)Nc2nc(SC)nn2[C@H]1c1ccc(OCc2ccc(Cl)cc2)cc1. The first-order valence-corrected chi connectivity index (χ1v) is 13.5. The molecule has 38 heavy (non-hydrogen) atoms. The van der Waals surface area contributed by atoms with Gasteiger partial charge >= 0.3 is 0 Å². The van der Waals surface area contributed by atoms with Crippen LogP contribution in [0.4, 0.5) is 11.6 Å². The molecule has 2 N–H and O–H groups in total. The van der Waals surface area contributed by atoms with E-state index < -0.39 is 6.04 Å². The van der Waals surface area contributed by atoms with Gasteiger partial charge in [0.1, 0.15) is 24.1 Å². The molecule has 0 fully saturated rings. The average molecular weight is 548 g/mol. The van der Waals surface area contributed by atoms with Crippen LogP contribution in [0.1, 0.15) is 24.1 Å². The zero-order valence-electron chi connectivity index (χ0n) is 21.1. The zero-order chi connectivity index (χ0) is 26.6. The van der Waals surface area contributed by atoms with E-state index >= 15 is 0 Å². The van der Waals surface area contributed by atoms with Crippen LogP contribution in [-0.2, 0) is 11.4 Å². The van der Waals surface area contributed by atoms with Crippen LogP contribution in [0.25, 0.3) is 0 Å². The van der Waals surface area contributed by atoms with Crippen molar-refractivity contribution >= 4 is 40.9 Å². The van der Waals surface area contributed by atoms with Gasteiger partial charge in [-0.15, -0.1) is 5.10 Å². The molecule has 1 aromatic heterocycles. The van der Waals surface area contributed by atoms with Gasteiger partial charge in [-0.2, -0.15) is 4.98 Å². The van der Waals surface area contributed by atoms with Crippen LogP contribution in [0.3, 0.4) is 0 Å². The van der Waals surface area contributed by atoms with Crippen LogP contribution < -0.4 is 20.1 Å². The normalized spacial score (nSPS) is 14.5. The van der Waals surface area contributed by atoms with Crippen LogP contribution in [-0.4, -0.2) is 34.0 Å². The van der Waals surface area contributed by atoms with Crippen molar-refractivity contribution in [1.29, 1.82) is 0 Å². The van der Waals surface area contributed by atoms with Gasteiger partial charge in [0, 0.05) is 10.7 Å². The maximum atomic E-state index is 13.7. The first kappa shape index (κ1) is 25.7. The molecule has 0 unspecified atom stereocenters. The number of benzene rings is 3. The van der Waals surface area contributed by atoms with Crippen molar-refractivity contribution in [2.24, 2.45) is 0 Å². The Morgan fingerprint density at radius 3 is 2.55 bits per heavy atom. The number of anilines is 2. The molecule has 8 nitrogen and oxygen atoms in total. The molecule has 3 aromatic carbocycles. The fourth-order valence-electron chi connectivity index (χ4n) is 4.25. The van der Waals surface area contributed by atoms with Gasteiger partial charge in [-0.3, -0.25) is 4.79 Å². The number of carbonyl (C=O) groups excluding carboxylic acids is 1. The number of carbonyl (C=O) groups is 1. The zero-order valence-corrected chi connectivity index (χ0v) is 22.6. The highest BCUT2D eigenvalue weighted by molar-refractivity contribution is 7.98. The summed E-state index contributed by atoms with van der Waals surface area (Å²) in [7, 11) is 1.57. The summed E-state index contributed by atoms with van der Waals surface area (Å²) in [6, 6.07) is 22.0. The van der Waals surface area contributed by atoms with Gasteiger partial charge in [0.15, 0.2) is 0 Å². The fourth-order valence-corrected chi connectivity index (χ4v) is 4.72. The topological polar surface area (TPSA) is 90.3 Å². The van der Waals surface area contributed by atoms with Crippen molar-refractivity contribution in [1.82, 2.24) is 14.8 Å². The van der Waals surface area contributed by atoms with Gasteiger partial charge in [-0.05, 0) is 60.7 Å². The van der Waals surface area contributed by atoms with Gasteiger partial charge in [0.2, 0.25) is 11.1 Å². The van der Waals surface area contributed by atoms with Gasteiger partial charge in [-0.25, -0.2) is 4.68 Å². The van der Waals surface area contributed by atoms with Crippen molar-refractivity contribution in [2.45, 2.75) is 24.7 Å². The molecule has 1 aliphatic rings. The molecule has 1 amide bonds. The molecule has 0 bridgehead atoms. The summed E-state index contributed by atoms with van der Waals surface area (Å²) < 4.78 is 13.1. The lowest BCUT2D eigenvalue weighted by Crippen LogP contribution is -2.31. The molecule has 0 aliphatic carbocycles. The Kier molecular flexibility index (Phi) is 7.57. The van der Waals surface area contributed by atoms with Crippen LogP contribution >= 0.6 is 23.4 Å². The average Bonchev–Trinajstić information content (AvgIpc) is 3.35. The number of thioether (sulfide) groups is 1. The Balaban J connectivity index is 1.45. The first-order valence-electron chi connectivity index (χ1n) is 11.9. The number of fused-ring (bicyclic) bond motifs is 1. The Hall–Kier alpha value is -3.95. The van der Waals surface area contributed by atoms with E-state index in [2.05, 4.69) is 20.7 Å². The number of halogens is 1. The van der Waals surface area contributed by atoms with Crippen LogP contribution in [0.2, 0.25) is 5.02 Å². The van der Waals surface area contributed by atoms with Crippen LogP contribution in [0.5, 0.6) is 11.5 Å².